The van der Waals surface area contributed by atoms with Gasteiger partial charge >= 0.3 is 0 Å². The topological polar surface area (TPSA) is 53.2 Å². The smallest absolute Gasteiger partial charge is 0.242 e. The van der Waals surface area contributed by atoms with Crippen LogP contribution in [0.25, 0.3) is 0 Å². The monoisotopic (exact) mass is 379 g/mol. The van der Waals surface area contributed by atoms with E-state index in [2.05, 4.69) is 32.1 Å². The zero-order valence-corrected chi connectivity index (χ0v) is 14.0. The molecule has 1 heterocycles. The first-order valence-electron chi connectivity index (χ1n) is 6.95. The van der Waals surface area contributed by atoms with Gasteiger partial charge in [-0.25, -0.2) is 10.9 Å². The zero-order chi connectivity index (χ0) is 15.5. The second kappa shape index (κ2) is 6.79. The predicted octanol–water partition coefficient (Wildman–Crippen LogP) is 3.65. The molecule has 2 aromatic carbocycles. The summed E-state index contributed by atoms with van der Waals surface area (Å²) in [6.45, 7) is 0. The predicted molar refractivity (Wildman–Crippen MR) is 91.6 cm³/mol. The Morgan fingerprint density at radius 1 is 1.18 bits per heavy atom. The summed E-state index contributed by atoms with van der Waals surface area (Å²) in [4.78, 5) is 12.3. The van der Waals surface area contributed by atoms with Crippen molar-refractivity contribution in [3.8, 4) is 0 Å². The molecule has 114 valence electrons. The maximum Gasteiger partial charge on any atom is 0.242 e. The molecule has 0 bridgehead atoms. The number of hydrazine groups is 1. The molecule has 0 saturated carbocycles. The van der Waals surface area contributed by atoms with Gasteiger partial charge in [0.1, 0.15) is 6.04 Å². The molecule has 1 fully saturated rings. The molecule has 3 rings (SSSR count). The lowest BCUT2D eigenvalue weighted by Crippen LogP contribution is -2.39. The second-order valence-electron chi connectivity index (χ2n) is 5.18. The molecule has 4 nitrogen and oxygen atoms in total. The summed E-state index contributed by atoms with van der Waals surface area (Å²) in [5.41, 5.74) is 8.03. The average molecular weight is 381 g/mol. The van der Waals surface area contributed by atoms with Gasteiger partial charge in [0.25, 0.3) is 0 Å². The van der Waals surface area contributed by atoms with Gasteiger partial charge in [-0.05, 0) is 42.3 Å². The van der Waals surface area contributed by atoms with Gasteiger partial charge < -0.3 is 5.32 Å². The van der Waals surface area contributed by atoms with E-state index in [0.29, 0.717) is 11.4 Å². The Hall–Kier alpha value is -1.40. The fourth-order valence-corrected chi connectivity index (χ4v) is 3.06. The molecule has 2 unspecified atom stereocenters. The van der Waals surface area contributed by atoms with Gasteiger partial charge in [0.2, 0.25) is 5.91 Å². The first-order valence-corrected chi connectivity index (χ1v) is 8.12. The van der Waals surface area contributed by atoms with E-state index in [1.54, 1.807) is 0 Å². The molecule has 22 heavy (non-hydrogen) atoms. The molecular weight excluding hydrogens is 366 g/mol. The van der Waals surface area contributed by atoms with Crippen molar-refractivity contribution in [2.24, 2.45) is 0 Å². The summed E-state index contributed by atoms with van der Waals surface area (Å²) in [7, 11) is 0. The quantitative estimate of drug-likeness (QED) is 0.762. The van der Waals surface area contributed by atoms with E-state index >= 15 is 0 Å². The average Bonchev–Trinajstić information content (AvgIpc) is 2.97. The number of nitrogens with one attached hydrogen (secondary N) is 3. The molecule has 1 amide bonds. The lowest BCUT2D eigenvalue weighted by Gasteiger charge is -2.11. The maximum absolute atomic E-state index is 12.3. The highest BCUT2D eigenvalue weighted by Crippen LogP contribution is 2.25. The molecule has 0 radical (unpaired) electrons. The molecule has 1 aliphatic heterocycles. The summed E-state index contributed by atoms with van der Waals surface area (Å²) in [6, 6.07) is 15.0. The van der Waals surface area contributed by atoms with Crippen molar-refractivity contribution in [2.75, 3.05) is 5.32 Å². The van der Waals surface area contributed by atoms with E-state index in [0.717, 1.165) is 15.7 Å². The Balaban J connectivity index is 1.63. The number of anilines is 1. The molecule has 0 spiro atoms. The van der Waals surface area contributed by atoms with Crippen molar-refractivity contribution < 1.29 is 4.79 Å². The summed E-state index contributed by atoms with van der Waals surface area (Å²) in [5.74, 6) is -0.0601. The highest BCUT2D eigenvalue weighted by atomic mass is 79.9. The van der Waals surface area contributed by atoms with Crippen molar-refractivity contribution in [2.45, 2.75) is 18.5 Å². The Bertz CT molecular complexity index is 695. The number of halogens is 2. The first-order chi connectivity index (χ1) is 10.6. The SMILES string of the molecule is O=C(Nc1cccc(Br)c1)C1CC(c2cccc(Cl)c2)NN1. The third-order valence-electron chi connectivity index (χ3n) is 3.56. The molecule has 0 aliphatic carbocycles. The Labute approximate surface area is 142 Å². The van der Waals surface area contributed by atoms with E-state index in [9.17, 15) is 4.79 Å². The lowest BCUT2D eigenvalue weighted by molar-refractivity contribution is -0.117. The van der Waals surface area contributed by atoms with Crippen LogP contribution in [0.4, 0.5) is 5.69 Å². The standard InChI is InChI=1S/C16H15BrClN3O/c17-11-4-2-6-13(8-11)19-16(22)15-9-14(20-21-15)10-3-1-5-12(18)7-10/h1-8,14-15,20-21H,9H2,(H,19,22). The minimum Gasteiger partial charge on any atom is -0.325 e. The summed E-state index contributed by atoms with van der Waals surface area (Å²) in [5, 5.41) is 3.61. The number of rotatable bonds is 3. The van der Waals surface area contributed by atoms with Gasteiger partial charge in [0, 0.05) is 21.2 Å². The van der Waals surface area contributed by atoms with Crippen molar-refractivity contribution in [3.63, 3.8) is 0 Å². The van der Waals surface area contributed by atoms with Gasteiger partial charge in [-0.2, -0.15) is 0 Å². The highest BCUT2D eigenvalue weighted by molar-refractivity contribution is 9.10. The van der Waals surface area contributed by atoms with Crippen molar-refractivity contribution in [3.05, 3.63) is 63.6 Å². The van der Waals surface area contributed by atoms with Crippen LogP contribution in [0.5, 0.6) is 0 Å². The Morgan fingerprint density at radius 2 is 2.00 bits per heavy atom. The Morgan fingerprint density at radius 3 is 2.77 bits per heavy atom. The number of carbonyl (C=O) groups excluding carboxylic acids is 1. The number of amides is 1. The van der Waals surface area contributed by atoms with E-state index in [-0.39, 0.29) is 18.0 Å². The van der Waals surface area contributed by atoms with Crippen molar-refractivity contribution in [1.82, 2.24) is 10.9 Å². The van der Waals surface area contributed by atoms with Crippen molar-refractivity contribution in [1.29, 1.82) is 0 Å². The van der Waals surface area contributed by atoms with Gasteiger partial charge in [-0.3, -0.25) is 4.79 Å². The van der Waals surface area contributed by atoms with Crippen LogP contribution in [0, 0.1) is 0 Å². The lowest BCUT2D eigenvalue weighted by atomic mass is 10.0. The van der Waals surface area contributed by atoms with Gasteiger partial charge in [0.05, 0.1) is 0 Å². The number of hydrogen-bond acceptors (Lipinski definition) is 3. The molecule has 6 heteroatoms. The van der Waals surface area contributed by atoms with E-state index < -0.39 is 0 Å². The number of hydrogen-bond donors (Lipinski definition) is 3. The summed E-state index contributed by atoms with van der Waals surface area (Å²) < 4.78 is 0.930. The highest BCUT2D eigenvalue weighted by Gasteiger charge is 2.30. The summed E-state index contributed by atoms with van der Waals surface area (Å²) >= 11 is 9.40. The molecule has 0 aromatic heterocycles. The van der Waals surface area contributed by atoms with Crippen LogP contribution in [0.15, 0.2) is 53.0 Å². The van der Waals surface area contributed by atoms with Gasteiger partial charge in [-0.15, -0.1) is 0 Å². The molecule has 2 aromatic rings. The molecular formula is C16H15BrClN3O. The van der Waals surface area contributed by atoms with Crippen LogP contribution in [0.3, 0.4) is 0 Å². The third kappa shape index (κ3) is 3.67. The molecule has 1 saturated heterocycles. The molecule has 2 atom stereocenters. The van der Waals surface area contributed by atoms with E-state index in [1.807, 2.05) is 48.5 Å². The maximum atomic E-state index is 12.3. The first kappa shape index (κ1) is 15.5. The normalized spacial score (nSPS) is 20.8. The molecule has 1 aliphatic rings. The minimum atomic E-state index is -0.289. The molecule has 3 N–H and O–H groups in total. The summed E-state index contributed by atoms with van der Waals surface area (Å²) in [6.07, 6.45) is 0.667. The fourth-order valence-electron chi connectivity index (χ4n) is 2.47. The van der Waals surface area contributed by atoms with Crippen LogP contribution in [-0.4, -0.2) is 11.9 Å². The van der Waals surface area contributed by atoms with Crippen LogP contribution in [-0.2, 0) is 4.79 Å². The number of benzene rings is 2. The van der Waals surface area contributed by atoms with E-state index in [4.69, 9.17) is 11.6 Å². The van der Waals surface area contributed by atoms with Crippen LogP contribution >= 0.6 is 27.5 Å². The Kier molecular flexibility index (Phi) is 4.78. The zero-order valence-electron chi connectivity index (χ0n) is 11.6. The van der Waals surface area contributed by atoms with Crippen molar-refractivity contribution >= 4 is 39.1 Å². The largest absolute Gasteiger partial charge is 0.325 e. The van der Waals surface area contributed by atoms with Gasteiger partial charge in [-0.1, -0.05) is 45.7 Å². The van der Waals surface area contributed by atoms with Crippen LogP contribution in [0.1, 0.15) is 18.0 Å². The minimum absolute atomic E-state index is 0.0601. The van der Waals surface area contributed by atoms with Crippen LogP contribution in [0.2, 0.25) is 5.02 Å². The van der Waals surface area contributed by atoms with Crippen LogP contribution < -0.4 is 16.2 Å². The third-order valence-corrected chi connectivity index (χ3v) is 4.29. The van der Waals surface area contributed by atoms with E-state index in [1.165, 1.54) is 0 Å². The second-order valence-corrected chi connectivity index (χ2v) is 6.54. The number of carbonyl (C=O) groups is 1. The van der Waals surface area contributed by atoms with Gasteiger partial charge in [0.15, 0.2) is 0 Å². The fraction of sp³-hybridized carbons (Fsp3) is 0.188.